The van der Waals surface area contributed by atoms with Crippen LogP contribution >= 0.6 is 11.8 Å². The molecule has 1 aliphatic carbocycles. The molecule has 2 aliphatic heterocycles. The average Bonchev–Trinajstić information content (AvgIpc) is 3.27. The van der Waals surface area contributed by atoms with Gasteiger partial charge in [-0.15, -0.1) is 11.8 Å². The maximum Gasteiger partial charge on any atom is 0.304 e. The molecule has 0 radical (unpaired) electrons. The summed E-state index contributed by atoms with van der Waals surface area (Å²) in [5.41, 5.74) is 7.92. The Labute approximate surface area is 235 Å². The number of nitrogens with zero attached hydrogens (tertiary/aromatic N) is 2. The number of anilines is 1. The minimum absolute atomic E-state index is 0.0263. The molecule has 2 aromatic carbocycles. The number of carbonyl (C=O) groups excluding carboxylic acids is 1. The van der Waals surface area contributed by atoms with Crippen molar-refractivity contribution in [1.29, 1.82) is 0 Å². The van der Waals surface area contributed by atoms with Gasteiger partial charge in [0.1, 0.15) is 6.54 Å². The van der Waals surface area contributed by atoms with Gasteiger partial charge in [0.15, 0.2) is 11.5 Å². The number of allylic oxidation sites excluding steroid dienone is 5. The van der Waals surface area contributed by atoms with E-state index in [0.717, 1.165) is 29.4 Å². The predicted molar refractivity (Wildman–Crippen MR) is 160 cm³/mol. The fourth-order valence-electron chi connectivity index (χ4n) is 6.25. The molecule has 0 aromatic heterocycles. The van der Waals surface area contributed by atoms with E-state index in [1.54, 1.807) is 0 Å². The van der Waals surface area contributed by atoms with Crippen molar-refractivity contribution < 1.29 is 19.3 Å². The zero-order chi connectivity index (χ0) is 28.1. The van der Waals surface area contributed by atoms with Crippen LogP contribution in [0.15, 0.2) is 82.4 Å². The normalized spacial score (nSPS) is 21.1. The Balaban J connectivity index is 1.63. The van der Waals surface area contributed by atoms with Crippen LogP contribution in [0, 0.1) is 0 Å². The van der Waals surface area contributed by atoms with Crippen LogP contribution < -0.4 is 4.90 Å². The minimum atomic E-state index is -0.831. The van der Waals surface area contributed by atoms with Crippen molar-refractivity contribution in [3.05, 3.63) is 93.6 Å². The molecule has 2 heterocycles. The highest BCUT2D eigenvalue weighted by atomic mass is 32.2. The van der Waals surface area contributed by atoms with E-state index in [1.165, 1.54) is 34.3 Å². The van der Waals surface area contributed by atoms with E-state index in [2.05, 4.69) is 112 Å². The Morgan fingerprint density at radius 2 is 1.64 bits per heavy atom. The molecule has 0 spiro atoms. The Bertz CT molecular complexity index is 1510. The van der Waals surface area contributed by atoms with Gasteiger partial charge in [0.2, 0.25) is 5.69 Å². The molecule has 0 amide bonds. The molecule has 0 atom stereocenters. The van der Waals surface area contributed by atoms with Crippen molar-refractivity contribution in [2.45, 2.75) is 58.8 Å². The number of hydrogen-bond donors (Lipinski definition) is 1. The lowest BCUT2D eigenvalue weighted by Gasteiger charge is -2.30. The third-order valence-electron chi connectivity index (χ3n) is 8.33. The van der Waals surface area contributed by atoms with Crippen molar-refractivity contribution in [2.75, 3.05) is 23.7 Å². The summed E-state index contributed by atoms with van der Waals surface area (Å²) in [4.78, 5) is 28.4. The molecule has 0 fully saturated rings. The number of carboxylic acid groups (broad SMARTS) is 1. The van der Waals surface area contributed by atoms with Gasteiger partial charge in [-0.05, 0) is 45.4 Å². The van der Waals surface area contributed by atoms with Crippen molar-refractivity contribution >= 4 is 40.6 Å². The summed E-state index contributed by atoms with van der Waals surface area (Å²) in [6, 6.07) is 16.9. The molecule has 39 heavy (non-hydrogen) atoms. The number of thioether (sulfide) groups is 1. The molecule has 1 N–H and O–H groups in total. The number of carboxylic acids is 1. The van der Waals surface area contributed by atoms with E-state index in [4.69, 9.17) is 0 Å². The highest BCUT2D eigenvalue weighted by molar-refractivity contribution is 8.03. The number of likely N-dealkylation sites (N-methyl/N-ethyl adjacent to an activating group) is 1. The summed E-state index contributed by atoms with van der Waals surface area (Å²) in [5.74, 6) is -0.388. The first-order valence-corrected chi connectivity index (χ1v) is 14.7. The predicted octanol–water partition coefficient (Wildman–Crippen LogP) is 6.76. The molecule has 0 unspecified atom stereocenters. The largest absolute Gasteiger partial charge is 0.481 e. The zero-order valence-corrected chi connectivity index (χ0v) is 24.5. The summed E-state index contributed by atoms with van der Waals surface area (Å²) in [7, 11) is 0. The molecule has 5 nitrogen and oxygen atoms in total. The van der Waals surface area contributed by atoms with Crippen LogP contribution in [-0.2, 0) is 20.4 Å². The molecule has 5 rings (SSSR count). The molecular formula is C33H37N2O3S+. The van der Waals surface area contributed by atoms with Gasteiger partial charge in [0.25, 0.3) is 0 Å². The van der Waals surface area contributed by atoms with E-state index in [9.17, 15) is 14.7 Å². The first-order valence-electron chi connectivity index (χ1n) is 13.7. The van der Waals surface area contributed by atoms with Crippen molar-refractivity contribution in [3.63, 3.8) is 0 Å². The fraction of sp³-hybridized carbons (Fsp3) is 0.364. The third-order valence-corrected chi connectivity index (χ3v) is 9.47. The van der Waals surface area contributed by atoms with Crippen LogP contribution in [0.1, 0.15) is 59.1 Å². The van der Waals surface area contributed by atoms with E-state index in [1.807, 2.05) is 0 Å². The van der Waals surface area contributed by atoms with Gasteiger partial charge in [0, 0.05) is 62.9 Å². The molecular weight excluding hydrogens is 504 g/mol. The molecule has 3 aliphatic rings. The monoisotopic (exact) mass is 541 g/mol. The van der Waals surface area contributed by atoms with Crippen molar-refractivity contribution in [2.24, 2.45) is 0 Å². The van der Waals surface area contributed by atoms with Gasteiger partial charge in [0.05, 0.1) is 11.8 Å². The number of hydrogen-bond acceptors (Lipinski definition) is 4. The number of benzene rings is 2. The average molecular weight is 542 g/mol. The van der Waals surface area contributed by atoms with E-state index in [-0.39, 0.29) is 23.0 Å². The van der Waals surface area contributed by atoms with E-state index in [0.29, 0.717) is 16.9 Å². The van der Waals surface area contributed by atoms with Crippen LogP contribution in [0.5, 0.6) is 0 Å². The Kier molecular flexibility index (Phi) is 6.96. The number of rotatable bonds is 8. The summed E-state index contributed by atoms with van der Waals surface area (Å²) < 4.78 is 2.29. The maximum absolute atomic E-state index is 13.9. The quantitative estimate of drug-likeness (QED) is 0.296. The molecule has 2 aromatic rings. The molecule has 202 valence electrons. The lowest BCUT2D eigenvalue weighted by Crippen LogP contribution is -2.31. The molecule has 0 bridgehead atoms. The van der Waals surface area contributed by atoms with Gasteiger partial charge < -0.3 is 10.0 Å². The lowest BCUT2D eigenvalue weighted by molar-refractivity contribution is -0.433. The second kappa shape index (κ2) is 9.98. The molecule has 0 saturated heterocycles. The SMILES string of the molecule is CCN1/C(=C\C2=C(SCCC(=O)O)C(=C\C3=[N+](CC)c4ccccc4C3(C)C)/C2=O)C(C)(C)c2ccccc21. The summed E-state index contributed by atoms with van der Waals surface area (Å²) in [6.07, 6.45) is 4.16. The lowest BCUT2D eigenvalue weighted by atomic mass is 9.78. The summed E-state index contributed by atoms with van der Waals surface area (Å²) in [6.45, 7) is 14.7. The number of carbonyl (C=O) groups is 2. The highest BCUT2D eigenvalue weighted by Crippen LogP contribution is 2.50. The highest BCUT2D eigenvalue weighted by Gasteiger charge is 2.46. The number of ketones is 1. The van der Waals surface area contributed by atoms with E-state index >= 15 is 0 Å². The van der Waals surface area contributed by atoms with Gasteiger partial charge in [-0.1, -0.05) is 50.2 Å². The Morgan fingerprint density at radius 3 is 2.31 bits per heavy atom. The third kappa shape index (κ3) is 4.29. The van der Waals surface area contributed by atoms with Crippen LogP contribution in [-0.4, -0.2) is 46.0 Å². The Morgan fingerprint density at radius 1 is 0.974 bits per heavy atom. The van der Waals surface area contributed by atoms with Gasteiger partial charge >= 0.3 is 5.97 Å². The van der Waals surface area contributed by atoms with Gasteiger partial charge in [-0.25, -0.2) is 0 Å². The number of aliphatic carboxylic acids is 1. The van der Waals surface area contributed by atoms with Crippen LogP contribution in [0.4, 0.5) is 11.4 Å². The standard InChI is InChI=1S/C33H36N2O3S/c1-7-34-25-15-11-9-13-23(25)32(3,4)27(34)19-21-30(38)22(31(21)39-18-17-29(36)37)20-28-33(5,6)24-14-10-12-16-26(24)35(28)8-2/h9-16,19-20H,7-8,17-18H2,1-6H3/p+1. The number of para-hydroxylation sites is 2. The van der Waals surface area contributed by atoms with Crippen molar-refractivity contribution in [3.8, 4) is 0 Å². The Hall–Kier alpha value is -3.38. The van der Waals surface area contributed by atoms with Gasteiger partial charge in [-0.3, -0.25) is 9.59 Å². The maximum atomic E-state index is 13.9. The van der Waals surface area contributed by atoms with E-state index < -0.39 is 5.97 Å². The second-order valence-electron chi connectivity index (χ2n) is 11.3. The first kappa shape index (κ1) is 27.2. The summed E-state index contributed by atoms with van der Waals surface area (Å²) >= 11 is 1.48. The first-order chi connectivity index (χ1) is 18.5. The smallest absolute Gasteiger partial charge is 0.304 e. The zero-order valence-electron chi connectivity index (χ0n) is 23.7. The summed E-state index contributed by atoms with van der Waals surface area (Å²) in [5, 5.41) is 9.29. The number of Topliss-reactive ketones (excluding diaryl/α,β-unsaturated/α-hetero) is 1. The molecule has 6 heteroatoms. The topological polar surface area (TPSA) is 60.6 Å². The number of fused-ring (bicyclic) bond motifs is 2. The minimum Gasteiger partial charge on any atom is -0.481 e. The second-order valence-corrected chi connectivity index (χ2v) is 12.4. The van der Waals surface area contributed by atoms with Crippen LogP contribution in [0.25, 0.3) is 0 Å². The fourth-order valence-corrected chi connectivity index (χ4v) is 7.34. The van der Waals surface area contributed by atoms with Crippen LogP contribution in [0.3, 0.4) is 0 Å². The van der Waals surface area contributed by atoms with Crippen LogP contribution in [0.2, 0.25) is 0 Å². The molecule has 0 saturated carbocycles. The van der Waals surface area contributed by atoms with Crippen molar-refractivity contribution in [1.82, 2.24) is 0 Å². The van der Waals surface area contributed by atoms with Gasteiger partial charge in [-0.2, -0.15) is 4.58 Å².